The van der Waals surface area contributed by atoms with Crippen LogP contribution in [0.5, 0.6) is 0 Å². The van der Waals surface area contributed by atoms with Gasteiger partial charge < -0.3 is 10.0 Å². The minimum absolute atomic E-state index is 0.0922. The molecule has 10 heteroatoms. The zero-order chi connectivity index (χ0) is 22.7. The van der Waals surface area contributed by atoms with Gasteiger partial charge in [-0.2, -0.15) is 10.2 Å². The maximum Gasteiger partial charge on any atom is 0.290 e. The van der Waals surface area contributed by atoms with Gasteiger partial charge in [0.05, 0.1) is 18.8 Å². The second-order valence-electron chi connectivity index (χ2n) is 7.61. The topological polar surface area (TPSA) is 119 Å². The fraction of sp³-hybridized carbons (Fsp3) is 0.273. The Labute approximate surface area is 184 Å². The van der Waals surface area contributed by atoms with Gasteiger partial charge in [0, 0.05) is 18.3 Å². The highest BCUT2D eigenvalue weighted by molar-refractivity contribution is 5.93. The van der Waals surface area contributed by atoms with E-state index in [2.05, 4.69) is 23.9 Å². The largest absolute Gasteiger partial charge is 0.483 e. The molecule has 164 valence electrons. The SMILES string of the molecule is CC(C)[C@H]1c2nc(-c3ccccc3)nn2CCN1C(=O)c1cnc2cccnn12.O=CO. The van der Waals surface area contributed by atoms with Crippen LogP contribution in [-0.2, 0) is 11.3 Å². The minimum atomic E-state index is -0.250. The van der Waals surface area contributed by atoms with Crippen molar-refractivity contribution in [1.82, 2.24) is 34.3 Å². The van der Waals surface area contributed by atoms with E-state index in [1.54, 1.807) is 16.9 Å². The average Bonchev–Trinajstić information content (AvgIpc) is 3.43. The second-order valence-corrected chi connectivity index (χ2v) is 7.61. The number of aromatic nitrogens is 6. The molecule has 1 atom stereocenters. The molecule has 1 aliphatic heterocycles. The van der Waals surface area contributed by atoms with Gasteiger partial charge in [0.15, 0.2) is 23.0 Å². The highest BCUT2D eigenvalue weighted by atomic mass is 16.3. The van der Waals surface area contributed by atoms with Gasteiger partial charge in [-0.3, -0.25) is 9.59 Å². The van der Waals surface area contributed by atoms with Crippen molar-refractivity contribution < 1.29 is 14.7 Å². The summed E-state index contributed by atoms with van der Waals surface area (Å²) in [5.74, 6) is 1.60. The molecular formula is C22H23N7O3. The molecule has 3 aromatic heterocycles. The molecule has 1 amide bonds. The van der Waals surface area contributed by atoms with E-state index < -0.39 is 0 Å². The van der Waals surface area contributed by atoms with E-state index in [1.165, 1.54) is 0 Å². The lowest BCUT2D eigenvalue weighted by Gasteiger charge is -2.37. The van der Waals surface area contributed by atoms with Gasteiger partial charge in [-0.15, -0.1) is 0 Å². The van der Waals surface area contributed by atoms with Gasteiger partial charge in [0.2, 0.25) is 0 Å². The van der Waals surface area contributed by atoms with Crippen molar-refractivity contribution in [1.29, 1.82) is 0 Å². The van der Waals surface area contributed by atoms with Crippen molar-refractivity contribution >= 4 is 18.0 Å². The molecule has 4 heterocycles. The molecule has 4 aromatic rings. The molecule has 1 N–H and O–H groups in total. The van der Waals surface area contributed by atoms with Crippen molar-refractivity contribution in [2.45, 2.75) is 26.4 Å². The molecule has 0 saturated carbocycles. The fourth-order valence-corrected chi connectivity index (χ4v) is 3.94. The Hall–Kier alpha value is -4.08. The normalized spacial score (nSPS) is 15.2. The van der Waals surface area contributed by atoms with Crippen molar-refractivity contribution in [2.24, 2.45) is 5.92 Å². The van der Waals surface area contributed by atoms with Crippen LogP contribution in [0.3, 0.4) is 0 Å². The Kier molecular flexibility index (Phi) is 5.93. The number of hydrogen-bond acceptors (Lipinski definition) is 6. The van der Waals surface area contributed by atoms with E-state index in [0.717, 1.165) is 11.4 Å². The van der Waals surface area contributed by atoms with Crippen molar-refractivity contribution in [3.63, 3.8) is 0 Å². The lowest BCUT2D eigenvalue weighted by atomic mass is 9.99. The summed E-state index contributed by atoms with van der Waals surface area (Å²) in [7, 11) is 0. The first-order valence-electron chi connectivity index (χ1n) is 10.2. The number of imidazole rings is 1. The summed E-state index contributed by atoms with van der Waals surface area (Å²) in [5, 5.41) is 15.9. The molecule has 0 aliphatic carbocycles. The van der Waals surface area contributed by atoms with Crippen LogP contribution in [0.1, 0.15) is 36.2 Å². The van der Waals surface area contributed by atoms with E-state index in [4.69, 9.17) is 20.0 Å². The first-order valence-corrected chi connectivity index (χ1v) is 10.2. The Bertz CT molecular complexity index is 1230. The number of carbonyl (C=O) groups excluding carboxylic acids is 1. The summed E-state index contributed by atoms with van der Waals surface area (Å²) in [6, 6.07) is 13.4. The van der Waals surface area contributed by atoms with Gasteiger partial charge in [-0.1, -0.05) is 44.2 Å². The third-order valence-corrected chi connectivity index (χ3v) is 5.27. The standard InChI is InChI=1S/C21H21N7O.CH2O2/c1-14(2)18-20-24-19(15-7-4-3-5-8-15)25-27(20)12-11-26(18)21(29)16-13-22-17-9-6-10-23-28(16)17;2-1-3/h3-10,13-14,18H,11-12H2,1-2H3;1H,(H,2,3)/t18-;/m0./s1. The van der Waals surface area contributed by atoms with Crippen LogP contribution in [0.25, 0.3) is 17.0 Å². The summed E-state index contributed by atoms with van der Waals surface area (Å²) >= 11 is 0. The molecule has 0 spiro atoms. The number of rotatable bonds is 3. The average molecular weight is 433 g/mol. The third kappa shape index (κ3) is 3.82. The van der Waals surface area contributed by atoms with Crippen LogP contribution in [-0.4, -0.2) is 58.3 Å². The molecule has 1 aromatic carbocycles. The molecule has 0 bridgehead atoms. The number of benzene rings is 1. The van der Waals surface area contributed by atoms with Crippen molar-refractivity contribution in [3.8, 4) is 11.4 Å². The highest BCUT2D eigenvalue weighted by Crippen LogP contribution is 2.33. The Morgan fingerprint density at radius 1 is 1.16 bits per heavy atom. The van der Waals surface area contributed by atoms with E-state index in [9.17, 15) is 4.79 Å². The molecular weight excluding hydrogens is 410 g/mol. The quantitative estimate of drug-likeness (QED) is 0.493. The summed E-state index contributed by atoms with van der Waals surface area (Å²) in [6.45, 7) is 5.12. The minimum Gasteiger partial charge on any atom is -0.483 e. The number of carbonyl (C=O) groups is 2. The smallest absolute Gasteiger partial charge is 0.290 e. The molecule has 32 heavy (non-hydrogen) atoms. The maximum atomic E-state index is 13.4. The number of fused-ring (bicyclic) bond motifs is 2. The van der Waals surface area contributed by atoms with E-state index in [0.29, 0.717) is 30.3 Å². The van der Waals surface area contributed by atoms with Crippen LogP contribution in [0.4, 0.5) is 0 Å². The molecule has 10 nitrogen and oxygen atoms in total. The van der Waals surface area contributed by atoms with Gasteiger partial charge in [-0.05, 0) is 18.1 Å². The Morgan fingerprint density at radius 2 is 1.91 bits per heavy atom. The van der Waals surface area contributed by atoms with Crippen LogP contribution < -0.4 is 0 Å². The second kappa shape index (κ2) is 8.96. The molecule has 5 rings (SSSR count). The zero-order valence-electron chi connectivity index (χ0n) is 17.7. The van der Waals surface area contributed by atoms with E-state index in [1.807, 2.05) is 52.0 Å². The van der Waals surface area contributed by atoms with E-state index >= 15 is 0 Å². The first kappa shape index (κ1) is 21.2. The van der Waals surface area contributed by atoms with Crippen LogP contribution in [0, 0.1) is 5.92 Å². The van der Waals surface area contributed by atoms with Gasteiger partial charge >= 0.3 is 0 Å². The first-order chi connectivity index (χ1) is 15.5. The van der Waals surface area contributed by atoms with Crippen LogP contribution in [0.15, 0.2) is 54.9 Å². The predicted molar refractivity (Wildman–Crippen MR) is 116 cm³/mol. The zero-order valence-corrected chi connectivity index (χ0v) is 17.7. The molecule has 1 aliphatic rings. The van der Waals surface area contributed by atoms with Gasteiger partial charge in [0.25, 0.3) is 12.4 Å². The maximum absolute atomic E-state index is 13.4. The predicted octanol–water partition coefficient (Wildman–Crippen LogP) is 2.54. The number of hydrogen-bond donors (Lipinski definition) is 1. The lowest BCUT2D eigenvalue weighted by Crippen LogP contribution is -2.45. The molecule has 0 saturated heterocycles. The van der Waals surface area contributed by atoms with Gasteiger partial charge in [0.1, 0.15) is 0 Å². The van der Waals surface area contributed by atoms with Gasteiger partial charge in [-0.25, -0.2) is 19.2 Å². The summed E-state index contributed by atoms with van der Waals surface area (Å²) in [5.41, 5.74) is 2.09. The Morgan fingerprint density at radius 3 is 2.62 bits per heavy atom. The number of amides is 1. The van der Waals surface area contributed by atoms with Crippen LogP contribution >= 0.6 is 0 Å². The lowest BCUT2D eigenvalue weighted by molar-refractivity contribution is -0.122. The number of carboxylic acid groups (broad SMARTS) is 1. The van der Waals surface area contributed by atoms with Crippen molar-refractivity contribution in [2.75, 3.05) is 6.54 Å². The number of nitrogens with zero attached hydrogens (tertiary/aromatic N) is 7. The van der Waals surface area contributed by atoms with Crippen molar-refractivity contribution in [3.05, 3.63) is 66.4 Å². The molecule has 0 unspecified atom stereocenters. The Balaban J connectivity index is 0.000000775. The fourth-order valence-electron chi connectivity index (χ4n) is 3.94. The monoisotopic (exact) mass is 433 g/mol. The highest BCUT2D eigenvalue weighted by Gasteiger charge is 2.37. The van der Waals surface area contributed by atoms with E-state index in [-0.39, 0.29) is 24.3 Å². The summed E-state index contributed by atoms with van der Waals surface area (Å²) in [4.78, 5) is 32.8. The molecule has 0 fully saturated rings. The molecule has 0 radical (unpaired) electrons. The summed E-state index contributed by atoms with van der Waals surface area (Å²) < 4.78 is 3.53. The third-order valence-electron chi connectivity index (χ3n) is 5.27. The summed E-state index contributed by atoms with van der Waals surface area (Å²) in [6.07, 6.45) is 3.25. The van der Waals surface area contributed by atoms with Crippen LogP contribution in [0.2, 0.25) is 0 Å².